The van der Waals surface area contributed by atoms with Gasteiger partial charge in [0.25, 0.3) is 5.91 Å². The number of amides is 1. The van der Waals surface area contributed by atoms with E-state index in [0.29, 0.717) is 0 Å². The molecule has 4 rings (SSSR count). The molecule has 0 N–H and O–H groups in total. The van der Waals surface area contributed by atoms with Crippen molar-refractivity contribution in [2.75, 3.05) is 33.2 Å². The first-order valence-electron chi connectivity index (χ1n) is 9.25. The lowest BCUT2D eigenvalue weighted by molar-refractivity contribution is 0.0765. The van der Waals surface area contributed by atoms with Crippen molar-refractivity contribution in [3.63, 3.8) is 0 Å². The summed E-state index contributed by atoms with van der Waals surface area (Å²) in [6.45, 7) is 3.50. The fourth-order valence-electron chi connectivity index (χ4n) is 3.57. The Morgan fingerprint density at radius 2 is 1.82 bits per heavy atom. The van der Waals surface area contributed by atoms with Gasteiger partial charge in [0.1, 0.15) is 0 Å². The van der Waals surface area contributed by atoms with E-state index in [-0.39, 0.29) is 18.3 Å². The number of halogens is 2. The van der Waals surface area contributed by atoms with Crippen LogP contribution in [0.25, 0.3) is 22.2 Å². The predicted molar refractivity (Wildman–Crippen MR) is 120 cm³/mol. The maximum absolute atomic E-state index is 13.4. The average Bonchev–Trinajstić information content (AvgIpc) is 2.91. The normalized spacial score (nSPS) is 15.1. The van der Waals surface area contributed by atoms with Gasteiger partial charge in [0.15, 0.2) is 0 Å². The second-order valence-corrected chi connectivity index (χ2v) is 7.95. The topological polar surface area (TPSA) is 36.4 Å². The quantitative estimate of drug-likeness (QED) is 0.548. The summed E-state index contributed by atoms with van der Waals surface area (Å²) in [5.74, 6) is 0.0974. The molecule has 2 heterocycles. The number of hydrogen-bond donors (Lipinski definition) is 0. The Balaban J connectivity index is 0.00000225. The third-order valence-corrected chi connectivity index (χ3v) is 5.57. The van der Waals surface area contributed by atoms with Crippen molar-refractivity contribution in [1.82, 2.24) is 14.8 Å². The monoisotopic (exact) mass is 459 g/mol. The number of nitrogens with zero attached hydrogens (tertiary/aromatic N) is 3. The molecule has 0 radical (unpaired) electrons. The first-order valence-corrected chi connectivity index (χ1v) is 10.0. The van der Waals surface area contributed by atoms with E-state index in [4.69, 9.17) is 4.98 Å². The maximum atomic E-state index is 13.4. The van der Waals surface area contributed by atoms with Crippen molar-refractivity contribution in [3.8, 4) is 11.3 Å². The summed E-state index contributed by atoms with van der Waals surface area (Å²) in [6, 6.07) is 17.9. The van der Waals surface area contributed by atoms with Crippen molar-refractivity contribution in [2.24, 2.45) is 0 Å². The zero-order chi connectivity index (χ0) is 18.8. The van der Waals surface area contributed by atoms with Gasteiger partial charge in [0.05, 0.1) is 16.8 Å². The van der Waals surface area contributed by atoms with Crippen molar-refractivity contribution >= 4 is 45.1 Å². The highest BCUT2D eigenvalue weighted by Crippen LogP contribution is 2.27. The highest BCUT2D eigenvalue weighted by Gasteiger charge is 2.22. The van der Waals surface area contributed by atoms with Crippen molar-refractivity contribution in [1.29, 1.82) is 0 Å². The molecule has 4 nitrogen and oxygen atoms in total. The van der Waals surface area contributed by atoms with Crippen LogP contribution >= 0.6 is 28.3 Å². The first-order chi connectivity index (χ1) is 13.1. The van der Waals surface area contributed by atoms with E-state index in [1.807, 2.05) is 59.5 Å². The predicted octanol–water partition coefficient (Wildman–Crippen LogP) is 4.86. The lowest BCUT2D eigenvalue weighted by Crippen LogP contribution is -2.34. The van der Waals surface area contributed by atoms with Crippen LogP contribution in [0, 0.1) is 0 Å². The molecule has 0 saturated carbocycles. The molecule has 6 heteroatoms. The van der Waals surface area contributed by atoms with Gasteiger partial charge in [-0.15, -0.1) is 12.4 Å². The summed E-state index contributed by atoms with van der Waals surface area (Å²) in [5, 5.41) is 0.916. The van der Waals surface area contributed by atoms with Gasteiger partial charge < -0.3 is 9.80 Å². The number of carbonyl (C=O) groups excluding carboxylic acids is 1. The van der Waals surface area contributed by atoms with Gasteiger partial charge in [-0.3, -0.25) is 4.79 Å². The lowest BCUT2D eigenvalue weighted by Gasteiger charge is -2.22. The van der Waals surface area contributed by atoms with Gasteiger partial charge in [0, 0.05) is 35.1 Å². The summed E-state index contributed by atoms with van der Waals surface area (Å²) in [6.07, 6.45) is 1.00. The third kappa shape index (κ3) is 4.37. The molecule has 28 heavy (non-hydrogen) atoms. The van der Waals surface area contributed by atoms with E-state index in [0.717, 1.165) is 64.8 Å². The number of rotatable bonds is 2. The molecule has 3 aromatic rings. The first kappa shape index (κ1) is 20.8. The number of likely N-dealkylation sites (N-methyl/N-ethyl adjacent to an activating group) is 1. The van der Waals surface area contributed by atoms with Crippen LogP contribution in [0.5, 0.6) is 0 Å². The second kappa shape index (κ2) is 9.03. The van der Waals surface area contributed by atoms with Crippen LogP contribution in [0.1, 0.15) is 16.8 Å². The molecule has 146 valence electrons. The van der Waals surface area contributed by atoms with Crippen LogP contribution in [0.2, 0.25) is 0 Å². The summed E-state index contributed by atoms with van der Waals surface area (Å²) in [7, 11) is 2.11. The minimum atomic E-state index is 0. The molecule has 1 aliphatic rings. The summed E-state index contributed by atoms with van der Waals surface area (Å²) >= 11 is 3.53. The van der Waals surface area contributed by atoms with E-state index in [1.165, 1.54) is 0 Å². The molecule has 0 spiro atoms. The number of hydrogen-bond acceptors (Lipinski definition) is 3. The van der Waals surface area contributed by atoms with E-state index in [9.17, 15) is 4.79 Å². The minimum absolute atomic E-state index is 0. The Hall–Kier alpha value is -1.95. The van der Waals surface area contributed by atoms with Gasteiger partial charge in [0.2, 0.25) is 0 Å². The molecule has 1 aliphatic heterocycles. The number of aromatic nitrogens is 1. The van der Waals surface area contributed by atoms with Crippen molar-refractivity contribution in [3.05, 3.63) is 64.6 Å². The highest BCUT2D eigenvalue weighted by atomic mass is 79.9. The Bertz CT molecular complexity index is 994. The SMILES string of the molecule is CN1CCCN(C(=O)c2cc(-c3cccc(Br)c3)nc3ccccc23)CC1.Cl. The van der Waals surface area contributed by atoms with Crippen LogP contribution < -0.4 is 0 Å². The molecule has 0 atom stereocenters. The van der Waals surface area contributed by atoms with Gasteiger partial charge in [-0.25, -0.2) is 4.98 Å². The van der Waals surface area contributed by atoms with Crippen LogP contribution in [0.4, 0.5) is 0 Å². The van der Waals surface area contributed by atoms with Crippen LogP contribution in [0.15, 0.2) is 59.1 Å². The number of pyridine rings is 1. The molecule has 1 amide bonds. The van der Waals surface area contributed by atoms with Gasteiger partial charge in [-0.2, -0.15) is 0 Å². The van der Waals surface area contributed by atoms with Crippen molar-refractivity contribution < 1.29 is 4.79 Å². The molecule has 1 fully saturated rings. The number of para-hydroxylation sites is 1. The summed E-state index contributed by atoms with van der Waals surface area (Å²) < 4.78 is 0.999. The smallest absolute Gasteiger partial charge is 0.254 e. The molecular weight excluding hydrogens is 438 g/mol. The Kier molecular flexibility index (Phi) is 6.70. The van der Waals surface area contributed by atoms with E-state index in [1.54, 1.807) is 0 Å². The third-order valence-electron chi connectivity index (χ3n) is 5.07. The standard InChI is InChI=1S/C22H22BrN3O.ClH/c1-25-10-5-11-26(13-12-25)22(27)19-15-21(16-6-4-7-17(23)14-16)24-20-9-3-2-8-18(19)20;/h2-4,6-9,14-15H,5,10-13H2,1H3;1H. The Morgan fingerprint density at radius 3 is 2.64 bits per heavy atom. The number of fused-ring (bicyclic) bond motifs is 1. The Morgan fingerprint density at radius 1 is 1.00 bits per heavy atom. The average molecular weight is 461 g/mol. The fraction of sp³-hybridized carbons (Fsp3) is 0.273. The summed E-state index contributed by atoms with van der Waals surface area (Å²) in [5.41, 5.74) is 3.41. The molecule has 0 unspecified atom stereocenters. The van der Waals surface area contributed by atoms with E-state index in [2.05, 4.69) is 27.9 Å². The van der Waals surface area contributed by atoms with Gasteiger partial charge in [-0.1, -0.05) is 46.3 Å². The van der Waals surface area contributed by atoms with Gasteiger partial charge in [-0.05, 0) is 44.3 Å². The highest BCUT2D eigenvalue weighted by molar-refractivity contribution is 9.10. The van der Waals surface area contributed by atoms with Crippen molar-refractivity contribution in [2.45, 2.75) is 6.42 Å². The molecular formula is C22H23BrClN3O. The van der Waals surface area contributed by atoms with Gasteiger partial charge >= 0.3 is 0 Å². The van der Waals surface area contributed by atoms with E-state index >= 15 is 0 Å². The summed E-state index contributed by atoms with van der Waals surface area (Å²) in [4.78, 5) is 22.5. The number of benzene rings is 2. The fourth-order valence-corrected chi connectivity index (χ4v) is 3.97. The van der Waals surface area contributed by atoms with Crippen LogP contribution in [0.3, 0.4) is 0 Å². The zero-order valence-corrected chi connectivity index (χ0v) is 18.2. The lowest BCUT2D eigenvalue weighted by atomic mass is 10.0. The van der Waals surface area contributed by atoms with Crippen LogP contribution in [-0.2, 0) is 0 Å². The minimum Gasteiger partial charge on any atom is -0.337 e. The molecule has 2 aromatic carbocycles. The second-order valence-electron chi connectivity index (χ2n) is 7.03. The number of carbonyl (C=O) groups is 1. The molecule has 0 bridgehead atoms. The van der Waals surface area contributed by atoms with Crippen LogP contribution in [-0.4, -0.2) is 53.9 Å². The largest absolute Gasteiger partial charge is 0.337 e. The molecule has 0 aliphatic carbocycles. The van der Waals surface area contributed by atoms with E-state index < -0.39 is 0 Å². The Labute approximate surface area is 180 Å². The maximum Gasteiger partial charge on any atom is 0.254 e. The molecule has 1 aromatic heterocycles. The zero-order valence-electron chi connectivity index (χ0n) is 15.8. The molecule has 1 saturated heterocycles.